The third-order valence-electron chi connectivity index (χ3n) is 4.20. The van der Waals surface area contributed by atoms with Gasteiger partial charge in [0.05, 0.1) is 0 Å². The number of urea groups is 1. The van der Waals surface area contributed by atoms with Crippen LogP contribution in [-0.2, 0) is 13.1 Å². The first kappa shape index (κ1) is 17.7. The molecule has 5 nitrogen and oxygen atoms in total. The lowest BCUT2D eigenvalue weighted by atomic mass is 9.98. The average molecular weight is 323 g/mol. The molecule has 0 bridgehead atoms. The van der Waals surface area contributed by atoms with Gasteiger partial charge in [0, 0.05) is 38.3 Å². The minimum atomic E-state index is -0.222. The number of amides is 2. The summed E-state index contributed by atoms with van der Waals surface area (Å²) in [5.41, 5.74) is 1.52. The second kappa shape index (κ2) is 8.26. The van der Waals surface area contributed by atoms with E-state index < -0.39 is 0 Å². The van der Waals surface area contributed by atoms with E-state index in [0.29, 0.717) is 37.7 Å². The highest BCUT2D eigenvalue weighted by molar-refractivity contribution is 5.74. The number of nitrogens with one attached hydrogen (secondary N) is 1. The summed E-state index contributed by atoms with van der Waals surface area (Å²) in [7, 11) is 3.79. The normalized spacial score (nSPS) is 16.0. The summed E-state index contributed by atoms with van der Waals surface area (Å²) in [6, 6.07) is 4.85. The molecule has 2 N–H and O–H groups in total. The highest BCUT2D eigenvalue weighted by Gasteiger charge is 2.21. The van der Waals surface area contributed by atoms with Crippen molar-refractivity contribution in [3.05, 3.63) is 35.1 Å². The van der Waals surface area contributed by atoms with Crippen molar-refractivity contribution < 1.29 is 14.3 Å². The minimum absolute atomic E-state index is 0.0973. The Hall–Kier alpha value is -1.66. The van der Waals surface area contributed by atoms with E-state index in [1.165, 1.54) is 6.07 Å². The van der Waals surface area contributed by atoms with Crippen LogP contribution in [0.4, 0.5) is 9.18 Å². The molecule has 0 spiro atoms. The smallest absolute Gasteiger partial charge is 0.317 e. The predicted molar refractivity (Wildman–Crippen MR) is 87.4 cm³/mol. The Kier molecular flexibility index (Phi) is 6.36. The molecule has 0 aromatic heterocycles. The first-order chi connectivity index (χ1) is 11.0. The summed E-state index contributed by atoms with van der Waals surface area (Å²) >= 11 is 0. The van der Waals surface area contributed by atoms with Crippen LogP contribution in [-0.4, -0.2) is 54.7 Å². The van der Waals surface area contributed by atoms with Crippen LogP contribution in [0, 0.1) is 11.7 Å². The summed E-state index contributed by atoms with van der Waals surface area (Å²) < 4.78 is 13.7. The van der Waals surface area contributed by atoms with Crippen molar-refractivity contribution in [1.82, 2.24) is 15.1 Å². The molecule has 23 heavy (non-hydrogen) atoms. The second-order valence-corrected chi connectivity index (χ2v) is 6.44. The molecule has 1 fully saturated rings. The van der Waals surface area contributed by atoms with E-state index in [4.69, 9.17) is 5.11 Å². The highest BCUT2D eigenvalue weighted by atomic mass is 19.1. The Bertz CT molecular complexity index is 529. The summed E-state index contributed by atoms with van der Waals surface area (Å²) in [6.07, 6.45) is 1.68. The number of rotatable bonds is 5. The number of likely N-dealkylation sites (tertiary alicyclic amines) is 1. The number of nitrogens with zero attached hydrogens (tertiary/aromatic N) is 2. The van der Waals surface area contributed by atoms with Crippen molar-refractivity contribution in [2.45, 2.75) is 25.9 Å². The lowest BCUT2D eigenvalue weighted by molar-refractivity contribution is 0.137. The number of halogens is 1. The molecule has 0 radical (unpaired) electrons. The molecule has 2 amide bonds. The second-order valence-electron chi connectivity index (χ2n) is 6.44. The van der Waals surface area contributed by atoms with Gasteiger partial charge in [0.25, 0.3) is 0 Å². The van der Waals surface area contributed by atoms with E-state index in [0.717, 1.165) is 18.4 Å². The lowest BCUT2D eigenvalue weighted by Gasteiger charge is -2.31. The maximum Gasteiger partial charge on any atom is 0.317 e. The molecule has 1 aliphatic heterocycles. The van der Waals surface area contributed by atoms with Gasteiger partial charge in [-0.1, -0.05) is 6.07 Å². The maximum atomic E-state index is 13.7. The average Bonchev–Trinajstić information content (AvgIpc) is 2.55. The summed E-state index contributed by atoms with van der Waals surface area (Å²) in [4.78, 5) is 15.8. The van der Waals surface area contributed by atoms with Crippen LogP contribution in [0.15, 0.2) is 18.2 Å². The Balaban J connectivity index is 1.87. The predicted octanol–water partition coefficient (Wildman–Crippen LogP) is 1.80. The molecule has 6 heteroatoms. The van der Waals surface area contributed by atoms with Gasteiger partial charge in [0.15, 0.2) is 0 Å². The fourth-order valence-electron chi connectivity index (χ4n) is 2.81. The third kappa shape index (κ3) is 5.18. The van der Waals surface area contributed by atoms with Crippen molar-refractivity contribution in [2.75, 3.05) is 33.8 Å². The van der Waals surface area contributed by atoms with Crippen molar-refractivity contribution in [1.29, 1.82) is 0 Å². The Morgan fingerprint density at radius 2 is 2.09 bits per heavy atom. The Morgan fingerprint density at radius 3 is 2.70 bits per heavy atom. The molecule has 1 aromatic rings. The zero-order valence-corrected chi connectivity index (χ0v) is 13.9. The van der Waals surface area contributed by atoms with Crippen molar-refractivity contribution >= 4 is 6.03 Å². The molecule has 1 heterocycles. The van der Waals surface area contributed by atoms with Gasteiger partial charge in [-0.25, -0.2) is 9.18 Å². The standard InChI is InChI=1S/C17H26FN3O2/c1-20(2)11-15-9-14(3-4-16(15)18)10-19-17(23)21-7-5-13(12-22)6-8-21/h3-4,9,13,22H,5-8,10-12H2,1-2H3,(H,19,23). The van der Waals surface area contributed by atoms with E-state index in [9.17, 15) is 9.18 Å². The van der Waals surface area contributed by atoms with Gasteiger partial charge in [0.1, 0.15) is 5.82 Å². The molecule has 1 aromatic carbocycles. The number of carbonyl (C=O) groups is 1. The summed E-state index contributed by atoms with van der Waals surface area (Å²) in [5.74, 6) is 0.0876. The number of aliphatic hydroxyl groups excluding tert-OH is 1. The number of hydrogen-bond donors (Lipinski definition) is 2. The number of hydrogen-bond acceptors (Lipinski definition) is 3. The van der Waals surface area contributed by atoms with Crippen LogP contribution < -0.4 is 5.32 Å². The van der Waals surface area contributed by atoms with Gasteiger partial charge in [-0.3, -0.25) is 0 Å². The van der Waals surface area contributed by atoms with Crippen LogP contribution in [0.5, 0.6) is 0 Å². The van der Waals surface area contributed by atoms with Crippen LogP contribution in [0.2, 0.25) is 0 Å². The van der Waals surface area contributed by atoms with E-state index >= 15 is 0 Å². The van der Waals surface area contributed by atoms with Gasteiger partial charge >= 0.3 is 6.03 Å². The SMILES string of the molecule is CN(C)Cc1cc(CNC(=O)N2CCC(CO)CC2)ccc1F. The number of carbonyl (C=O) groups excluding carboxylic acids is 1. The summed E-state index contributed by atoms with van der Waals surface area (Å²) in [6.45, 7) is 2.46. The van der Waals surface area contributed by atoms with E-state index in [1.807, 2.05) is 19.0 Å². The zero-order chi connectivity index (χ0) is 16.8. The van der Waals surface area contributed by atoms with E-state index in [-0.39, 0.29) is 18.5 Å². The number of benzene rings is 1. The minimum Gasteiger partial charge on any atom is -0.396 e. The Morgan fingerprint density at radius 1 is 1.39 bits per heavy atom. The molecule has 128 valence electrons. The van der Waals surface area contributed by atoms with Crippen LogP contribution in [0.3, 0.4) is 0 Å². The molecule has 0 atom stereocenters. The maximum absolute atomic E-state index is 13.7. The van der Waals surface area contributed by atoms with Crippen LogP contribution in [0.1, 0.15) is 24.0 Å². The molecular weight excluding hydrogens is 297 g/mol. The molecule has 0 saturated carbocycles. The fraction of sp³-hybridized carbons (Fsp3) is 0.588. The molecule has 0 unspecified atom stereocenters. The largest absolute Gasteiger partial charge is 0.396 e. The van der Waals surface area contributed by atoms with E-state index in [1.54, 1.807) is 17.0 Å². The van der Waals surface area contributed by atoms with Gasteiger partial charge < -0.3 is 20.2 Å². The monoisotopic (exact) mass is 323 g/mol. The zero-order valence-electron chi connectivity index (χ0n) is 13.9. The van der Waals surface area contributed by atoms with Crippen LogP contribution in [0.25, 0.3) is 0 Å². The first-order valence-electron chi connectivity index (χ1n) is 8.05. The molecular formula is C17H26FN3O2. The van der Waals surface area contributed by atoms with Crippen molar-refractivity contribution in [3.8, 4) is 0 Å². The first-order valence-corrected chi connectivity index (χ1v) is 8.05. The van der Waals surface area contributed by atoms with E-state index in [2.05, 4.69) is 5.32 Å². The highest BCUT2D eigenvalue weighted by Crippen LogP contribution is 2.16. The molecule has 2 rings (SSSR count). The topological polar surface area (TPSA) is 55.8 Å². The third-order valence-corrected chi connectivity index (χ3v) is 4.20. The Labute approximate surface area is 137 Å². The number of aliphatic hydroxyl groups is 1. The van der Waals surface area contributed by atoms with Crippen molar-refractivity contribution in [3.63, 3.8) is 0 Å². The van der Waals surface area contributed by atoms with Gasteiger partial charge in [-0.15, -0.1) is 0 Å². The van der Waals surface area contributed by atoms with Gasteiger partial charge in [-0.2, -0.15) is 0 Å². The van der Waals surface area contributed by atoms with Crippen LogP contribution >= 0.6 is 0 Å². The molecule has 1 aliphatic rings. The summed E-state index contributed by atoms with van der Waals surface area (Å²) in [5, 5.41) is 12.0. The molecule has 1 saturated heterocycles. The quantitative estimate of drug-likeness (QED) is 0.869. The number of piperidine rings is 1. The fourth-order valence-corrected chi connectivity index (χ4v) is 2.81. The van der Waals surface area contributed by atoms with Gasteiger partial charge in [-0.05, 0) is 50.6 Å². The lowest BCUT2D eigenvalue weighted by Crippen LogP contribution is -2.44. The van der Waals surface area contributed by atoms with Gasteiger partial charge in [0.2, 0.25) is 0 Å². The molecule has 0 aliphatic carbocycles. The van der Waals surface area contributed by atoms with Crippen molar-refractivity contribution in [2.24, 2.45) is 5.92 Å².